The van der Waals surface area contributed by atoms with Crippen molar-refractivity contribution in [2.45, 2.75) is 20.4 Å². The molecule has 0 aliphatic carbocycles. The van der Waals surface area contributed by atoms with Crippen molar-refractivity contribution in [3.05, 3.63) is 89.2 Å². The van der Waals surface area contributed by atoms with E-state index in [4.69, 9.17) is 0 Å². The molecular formula is C22H21N5O. The van der Waals surface area contributed by atoms with Crippen LogP contribution < -0.4 is 10.6 Å². The molecule has 28 heavy (non-hydrogen) atoms. The lowest BCUT2D eigenvalue weighted by Crippen LogP contribution is -2.13. The van der Waals surface area contributed by atoms with Gasteiger partial charge in [-0.3, -0.25) is 4.79 Å². The van der Waals surface area contributed by atoms with Crippen LogP contribution in [0.5, 0.6) is 0 Å². The fourth-order valence-electron chi connectivity index (χ4n) is 3.12. The molecule has 4 aromatic rings. The first kappa shape index (κ1) is 17.7. The van der Waals surface area contributed by atoms with Gasteiger partial charge in [-0.25, -0.2) is 9.50 Å². The minimum absolute atomic E-state index is 0.195. The van der Waals surface area contributed by atoms with Crippen molar-refractivity contribution in [1.82, 2.24) is 14.6 Å². The summed E-state index contributed by atoms with van der Waals surface area (Å²) in [7, 11) is 0. The van der Waals surface area contributed by atoms with Gasteiger partial charge in [-0.2, -0.15) is 0 Å². The van der Waals surface area contributed by atoms with E-state index < -0.39 is 0 Å². The summed E-state index contributed by atoms with van der Waals surface area (Å²) in [6.07, 6.45) is 0. The molecule has 4 rings (SSSR count). The first-order chi connectivity index (χ1) is 13.6. The van der Waals surface area contributed by atoms with Gasteiger partial charge in [0, 0.05) is 23.5 Å². The SMILES string of the molecule is Cc1cc(C)n2nc(NCc3ccccc3)c(NC(=O)c3ccccc3)c2n1. The zero-order valence-electron chi connectivity index (χ0n) is 15.8. The number of carbonyl (C=O) groups excluding carboxylic acids is 1. The second-order valence-corrected chi connectivity index (χ2v) is 6.66. The third-order valence-corrected chi connectivity index (χ3v) is 4.47. The van der Waals surface area contributed by atoms with Crippen molar-refractivity contribution in [3.63, 3.8) is 0 Å². The van der Waals surface area contributed by atoms with E-state index in [1.807, 2.05) is 68.4 Å². The number of amides is 1. The van der Waals surface area contributed by atoms with Gasteiger partial charge in [0.05, 0.1) is 0 Å². The Morgan fingerprint density at radius 2 is 1.68 bits per heavy atom. The van der Waals surface area contributed by atoms with Crippen molar-refractivity contribution in [2.75, 3.05) is 10.6 Å². The molecule has 0 fully saturated rings. The maximum absolute atomic E-state index is 12.7. The molecule has 0 unspecified atom stereocenters. The Morgan fingerprint density at radius 3 is 2.39 bits per heavy atom. The van der Waals surface area contributed by atoms with Crippen LogP contribution in [-0.2, 0) is 6.54 Å². The summed E-state index contributed by atoms with van der Waals surface area (Å²) in [5, 5.41) is 11.0. The largest absolute Gasteiger partial charge is 0.363 e. The monoisotopic (exact) mass is 371 g/mol. The highest BCUT2D eigenvalue weighted by molar-refractivity contribution is 6.08. The number of nitrogens with zero attached hydrogens (tertiary/aromatic N) is 3. The van der Waals surface area contributed by atoms with Gasteiger partial charge in [0.25, 0.3) is 5.91 Å². The first-order valence-corrected chi connectivity index (χ1v) is 9.13. The number of hydrogen-bond donors (Lipinski definition) is 2. The van der Waals surface area contributed by atoms with E-state index >= 15 is 0 Å². The van der Waals surface area contributed by atoms with E-state index in [0.717, 1.165) is 17.0 Å². The lowest BCUT2D eigenvalue weighted by molar-refractivity contribution is 0.102. The predicted molar refractivity (Wildman–Crippen MR) is 111 cm³/mol. The number of aryl methyl sites for hydroxylation is 2. The third kappa shape index (κ3) is 3.57. The lowest BCUT2D eigenvalue weighted by atomic mass is 10.2. The van der Waals surface area contributed by atoms with Crippen molar-refractivity contribution in [1.29, 1.82) is 0 Å². The molecule has 0 saturated carbocycles. The van der Waals surface area contributed by atoms with Gasteiger partial charge >= 0.3 is 0 Å². The quantitative estimate of drug-likeness (QED) is 0.551. The second-order valence-electron chi connectivity index (χ2n) is 6.66. The number of hydrogen-bond acceptors (Lipinski definition) is 4. The standard InChI is InChI=1S/C22H21N5O/c1-15-13-16(2)27-21(24-15)19(25-22(28)18-11-7-4-8-12-18)20(26-27)23-14-17-9-5-3-6-10-17/h3-13H,14H2,1-2H3,(H,23,26)(H,25,28). The van der Waals surface area contributed by atoms with E-state index in [0.29, 0.717) is 29.3 Å². The molecule has 6 heteroatoms. The van der Waals surface area contributed by atoms with Gasteiger partial charge in [0.2, 0.25) is 0 Å². The molecule has 2 aromatic carbocycles. The summed E-state index contributed by atoms with van der Waals surface area (Å²) < 4.78 is 1.75. The van der Waals surface area contributed by atoms with Gasteiger partial charge in [0.15, 0.2) is 11.5 Å². The second kappa shape index (κ2) is 7.52. The highest BCUT2D eigenvalue weighted by Crippen LogP contribution is 2.27. The van der Waals surface area contributed by atoms with Crippen molar-refractivity contribution >= 4 is 23.1 Å². The zero-order valence-corrected chi connectivity index (χ0v) is 15.8. The van der Waals surface area contributed by atoms with Crippen LogP contribution in [0.4, 0.5) is 11.5 Å². The minimum atomic E-state index is -0.195. The maximum Gasteiger partial charge on any atom is 0.255 e. The molecule has 0 bridgehead atoms. The van der Waals surface area contributed by atoms with Crippen LogP contribution in [-0.4, -0.2) is 20.5 Å². The number of carbonyl (C=O) groups is 1. The number of fused-ring (bicyclic) bond motifs is 1. The number of nitrogens with one attached hydrogen (secondary N) is 2. The van der Waals surface area contributed by atoms with Crippen molar-refractivity contribution < 1.29 is 4.79 Å². The van der Waals surface area contributed by atoms with Gasteiger partial charge in [-0.1, -0.05) is 48.5 Å². The van der Waals surface area contributed by atoms with Crippen LogP contribution >= 0.6 is 0 Å². The summed E-state index contributed by atoms with van der Waals surface area (Å²) >= 11 is 0. The molecule has 2 aromatic heterocycles. The third-order valence-electron chi connectivity index (χ3n) is 4.47. The first-order valence-electron chi connectivity index (χ1n) is 9.13. The molecule has 0 aliphatic heterocycles. The van der Waals surface area contributed by atoms with E-state index in [1.165, 1.54) is 0 Å². The lowest BCUT2D eigenvalue weighted by Gasteiger charge is -2.08. The van der Waals surface area contributed by atoms with Gasteiger partial charge in [-0.05, 0) is 37.6 Å². The average molecular weight is 371 g/mol. The summed E-state index contributed by atoms with van der Waals surface area (Å²) in [6.45, 7) is 4.50. The Morgan fingerprint density at radius 1 is 1.00 bits per heavy atom. The zero-order chi connectivity index (χ0) is 19.5. The average Bonchev–Trinajstić information content (AvgIpc) is 3.05. The van der Waals surface area contributed by atoms with Crippen LogP contribution in [0.25, 0.3) is 5.65 Å². The molecule has 140 valence electrons. The molecule has 2 N–H and O–H groups in total. The molecule has 2 heterocycles. The maximum atomic E-state index is 12.7. The fourth-order valence-corrected chi connectivity index (χ4v) is 3.12. The van der Waals surface area contributed by atoms with Crippen molar-refractivity contribution in [2.24, 2.45) is 0 Å². The van der Waals surface area contributed by atoms with E-state index in [1.54, 1.807) is 16.6 Å². The van der Waals surface area contributed by atoms with Crippen LogP contribution in [0, 0.1) is 13.8 Å². The van der Waals surface area contributed by atoms with E-state index in [9.17, 15) is 4.79 Å². The number of benzene rings is 2. The number of anilines is 2. The molecule has 0 spiro atoms. The Hall–Kier alpha value is -3.67. The van der Waals surface area contributed by atoms with Crippen LogP contribution in [0.3, 0.4) is 0 Å². The molecule has 6 nitrogen and oxygen atoms in total. The molecule has 0 radical (unpaired) electrons. The van der Waals surface area contributed by atoms with Gasteiger partial charge in [0.1, 0.15) is 5.69 Å². The predicted octanol–water partition coefficient (Wildman–Crippen LogP) is 4.21. The normalized spacial score (nSPS) is 10.8. The van der Waals surface area contributed by atoms with Crippen LogP contribution in [0.1, 0.15) is 27.3 Å². The molecule has 0 atom stereocenters. The Labute approximate surface area is 163 Å². The highest BCUT2D eigenvalue weighted by atomic mass is 16.1. The van der Waals surface area contributed by atoms with E-state index in [-0.39, 0.29) is 5.91 Å². The Balaban J connectivity index is 1.72. The smallest absolute Gasteiger partial charge is 0.255 e. The minimum Gasteiger partial charge on any atom is -0.363 e. The van der Waals surface area contributed by atoms with Gasteiger partial charge in [-0.15, -0.1) is 5.10 Å². The molecular weight excluding hydrogens is 350 g/mol. The summed E-state index contributed by atoms with van der Waals surface area (Å²) in [5.74, 6) is 0.397. The fraction of sp³-hybridized carbons (Fsp3) is 0.136. The number of rotatable bonds is 5. The topological polar surface area (TPSA) is 71.3 Å². The molecule has 0 aliphatic rings. The van der Waals surface area contributed by atoms with Crippen LogP contribution in [0.2, 0.25) is 0 Å². The number of aromatic nitrogens is 3. The van der Waals surface area contributed by atoms with Crippen LogP contribution in [0.15, 0.2) is 66.7 Å². The van der Waals surface area contributed by atoms with Gasteiger partial charge < -0.3 is 10.6 Å². The Kier molecular flexibility index (Phi) is 4.76. The summed E-state index contributed by atoms with van der Waals surface area (Å²) in [4.78, 5) is 17.4. The molecule has 0 saturated heterocycles. The highest BCUT2D eigenvalue weighted by Gasteiger charge is 2.18. The Bertz CT molecular complexity index is 1120. The van der Waals surface area contributed by atoms with E-state index in [2.05, 4.69) is 20.7 Å². The summed E-state index contributed by atoms with van der Waals surface area (Å²) in [6, 6.07) is 21.1. The molecule has 1 amide bonds. The summed E-state index contributed by atoms with van der Waals surface area (Å²) in [5.41, 5.74) is 4.73. The van der Waals surface area contributed by atoms with Crippen molar-refractivity contribution in [3.8, 4) is 0 Å².